The Bertz CT molecular complexity index is 1050. The van der Waals surface area contributed by atoms with E-state index in [0.717, 1.165) is 40.4 Å². The van der Waals surface area contributed by atoms with Gasteiger partial charge in [0.2, 0.25) is 0 Å². The van der Waals surface area contributed by atoms with Crippen molar-refractivity contribution in [3.05, 3.63) is 71.7 Å². The van der Waals surface area contributed by atoms with Crippen molar-refractivity contribution in [2.45, 2.75) is 30.3 Å². The third-order valence-electron chi connectivity index (χ3n) is 4.98. The fourth-order valence-corrected chi connectivity index (χ4v) is 3.66. The Hall–Kier alpha value is -3.00. The minimum absolute atomic E-state index is 0. The maximum absolute atomic E-state index is 9.61. The van der Waals surface area contributed by atoms with E-state index >= 15 is 0 Å². The van der Waals surface area contributed by atoms with Crippen LogP contribution in [0.2, 0.25) is 0 Å². The predicted molar refractivity (Wildman–Crippen MR) is 123 cm³/mol. The van der Waals surface area contributed by atoms with Gasteiger partial charge in [-0.05, 0) is 53.9 Å². The molecule has 168 valence electrons. The molecule has 1 aromatic heterocycles. The maximum atomic E-state index is 9.61. The van der Waals surface area contributed by atoms with Crippen molar-refractivity contribution in [1.29, 1.82) is 5.26 Å². The van der Waals surface area contributed by atoms with Crippen molar-refractivity contribution in [3.8, 4) is 23.1 Å². The Balaban J connectivity index is 0.00000181. The first kappa shape index (κ1) is 25.3. The van der Waals surface area contributed by atoms with E-state index in [1.807, 2.05) is 48.5 Å². The standard InChI is InChI=1S/C23H22N4O2S.2H2O/c24-15-18-14-17(3-6-22(18)29-19-8-11-28-12-9-19)21-7-10-26-23(27-21)13-16-1-4-20(30-25)5-2-16;;/h1-7,10,14,19H,8-9,11-13,25H2;2*1H2. The van der Waals surface area contributed by atoms with Gasteiger partial charge < -0.3 is 20.4 Å². The van der Waals surface area contributed by atoms with E-state index in [0.29, 0.717) is 30.9 Å². The number of aromatic nitrogens is 2. The van der Waals surface area contributed by atoms with E-state index in [4.69, 9.17) is 19.6 Å². The van der Waals surface area contributed by atoms with Crippen LogP contribution in [-0.2, 0) is 11.2 Å². The van der Waals surface area contributed by atoms with Crippen LogP contribution in [0.15, 0.2) is 59.6 Å². The Morgan fingerprint density at radius 1 is 1.09 bits per heavy atom. The number of nitrogens with zero attached hydrogens (tertiary/aromatic N) is 3. The van der Waals surface area contributed by atoms with Crippen molar-refractivity contribution in [3.63, 3.8) is 0 Å². The van der Waals surface area contributed by atoms with Crippen LogP contribution in [-0.4, -0.2) is 40.2 Å². The molecule has 6 N–H and O–H groups in total. The molecule has 0 radical (unpaired) electrons. The molecule has 0 bridgehead atoms. The third kappa shape index (κ3) is 6.26. The lowest BCUT2D eigenvalue weighted by Crippen LogP contribution is -2.26. The van der Waals surface area contributed by atoms with Gasteiger partial charge in [-0.15, -0.1) is 0 Å². The first-order chi connectivity index (χ1) is 14.7. The lowest BCUT2D eigenvalue weighted by Gasteiger charge is -2.23. The van der Waals surface area contributed by atoms with Crippen LogP contribution in [0.5, 0.6) is 5.75 Å². The smallest absolute Gasteiger partial charge is 0.137 e. The van der Waals surface area contributed by atoms with Crippen LogP contribution in [0.25, 0.3) is 11.3 Å². The summed E-state index contributed by atoms with van der Waals surface area (Å²) < 4.78 is 11.4. The second-order valence-corrected chi connectivity index (χ2v) is 7.76. The number of hydrogen-bond acceptors (Lipinski definition) is 7. The molecule has 0 aliphatic carbocycles. The summed E-state index contributed by atoms with van der Waals surface area (Å²) in [6.07, 6.45) is 4.14. The summed E-state index contributed by atoms with van der Waals surface area (Å²) in [7, 11) is 0. The molecule has 4 rings (SSSR count). The number of rotatable bonds is 6. The van der Waals surface area contributed by atoms with E-state index in [1.54, 1.807) is 6.20 Å². The highest BCUT2D eigenvalue weighted by molar-refractivity contribution is 7.97. The molecule has 0 unspecified atom stereocenters. The van der Waals surface area contributed by atoms with E-state index in [1.165, 1.54) is 11.9 Å². The monoisotopic (exact) mass is 454 g/mol. The molecule has 2 heterocycles. The highest BCUT2D eigenvalue weighted by Crippen LogP contribution is 2.27. The number of nitriles is 1. The molecule has 3 aromatic rings. The quantitative estimate of drug-likeness (QED) is 0.560. The third-order valence-corrected chi connectivity index (χ3v) is 5.53. The van der Waals surface area contributed by atoms with Gasteiger partial charge >= 0.3 is 0 Å². The van der Waals surface area contributed by atoms with Gasteiger partial charge in [0, 0.05) is 35.9 Å². The lowest BCUT2D eigenvalue weighted by atomic mass is 10.1. The van der Waals surface area contributed by atoms with Crippen molar-refractivity contribution >= 4 is 11.9 Å². The molecular formula is C23H26N4O4S. The Morgan fingerprint density at radius 2 is 1.84 bits per heavy atom. The molecule has 1 saturated heterocycles. The Morgan fingerprint density at radius 3 is 2.53 bits per heavy atom. The van der Waals surface area contributed by atoms with Gasteiger partial charge in [0.1, 0.15) is 23.7 Å². The zero-order valence-electron chi connectivity index (χ0n) is 17.5. The van der Waals surface area contributed by atoms with Crippen LogP contribution >= 0.6 is 11.9 Å². The first-order valence-corrected chi connectivity index (χ1v) is 10.7. The topological polar surface area (TPSA) is 157 Å². The Kier molecular flexibility index (Phi) is 9.59. The van der Waals surface area contributed by atoms with Crippen molar-refractivity contribution < 1.29 is 20.4 Å². The molecule has 2 aromatic carbocycles. The van der Waals surface area contributed by atoms with Gasteiger partial charge in [-0.25, -0.2) is 9.97 Å². The molecular weight excluding hydrogens is 428 g/mol. The minimum Gasteiger partial charge on any atom is -0.489 e. The zero-order valence-corrected chi connectivity index (χ0v) is 18.3. The Labute approximate surface area is 191 Å². The SMILES string of the molecule is N#Cc1cc(-c2ccnc(Cc3ccc(SN)cc3)n2)ccc1OC1CCOCC1.O.O. The molecule has 0 amide bonds. The van der Waals surface area contributed by atoms with E-state index in [2.05, 4.69) is 11.1 Å². The number of ether oxygens (including phenoxy) is 2. The van der Waals surface area contributed by atoms with Gasteiger partial charge in [0.25, 0.3) is 0 Å². The highest BCUT2D eigenvalue weighted by Gasteiger charge is 2.17. The molecule has 0 saturated carbocycles. The van der Waals surface area contributed by atoms with Crippen LogP contribution in [0.3, 0.4) is 0 Å². The van der Waals surface area contributed by atoms with Crippen LogP contribution < -0.4 is 9.88 Å². The number of hydrogen-bond donors (Lipinski definition) is 1. The summed E-state index contributed by atoms with van der Waals surface area (Å²) in [6, 6.07) is 17.8. The molecule has 1 fully saturated rings. The van der Waals surface area contributed by atoms with Crippen molar-refractivity contribution in [1.82, 2.24) is 9.97 Å². The molecule has 0 atom stereocenters. The van der Waals surface area contributed by atoms with E-state index in [-0.39, 0.29) is 17.1 Å². The second kappa shape index (κ2) is 12.1. The largest absolute Gasteiger partial charge is 0.489 e. The normalized spacial score (nSPS) is 13.4. The summed E-state index contributed by atoms with van der Waals surface area (Å²) >= 11 is 1.22. The van der Waals surface area contributed by atoms with Gasteiger partial charge in [0.15, 0.2) is 0 Å². The summed E-state index contributed by atoms with van der Waals surface area (Å²) in [5.74, 6) is 1.34. The molecule has 32 heavy (non-hydrogen) atoms. The summed E-state index contributed by atoms with van der Waals surface area (Å²) in [5.41, 5.74) is 3.27. The minimum atomic E-state index is 0. The average molecular weight is 455 g/mol. The molecule has 9 heteroatoms. The first-order valence-electron chi connectivity index (χ1n) is 9.81. The summed E-state index contributed by atoms with van der Waals surface area (Å²) in [5, 5.41) is 15.2. The van der Waals surface area contributed by atoms with Gasteiger partial charge in [-0.2, -0.15) is 5.26 Å². The van der Waals surface area contributed by atoms with Crippen LogP contribution in [0.4, 0.5) is 0 Å². The van der Waals surface area contributed by atoms with Gasteiger partial charge in [-0.1, -0.05) is 12.1 Å². The number of nitrogens with two attached hydrogens (primary N) is 1. The van der Waals surface area contributed by atoms with Crippen molar-refractivity contribution in [2.75, 3.05) is 13.2 Å². The fraction of sp³-hybridized carbons (Fsp3) is 0.261. The van der Waals surface area contributed by atoms with Crippen LogP contribution in [0, 0.1) is 11.3 Å². The summed E-state index contributed by atoms with van der Waals surface area (Å²) in [6.45, 7) is 1.39. The highest BCUT2D eigenvalue weighted by atomic mass is 32.2. The zero-order chi connectivity index (χ0) is 20.8. The van der Waals surface area contributed by atoms with E-state index < -0.39 is 0 Å². The molecule has 1 aliphatic heterocycles. The van der Waals surface area contributed by atoms with Gasteiger partial charge in [0.05, 0.1) is 24.5 Å². The maximum Gasteiger partial charge on any atom is 0.137 e. The van der Waals surface area contributed by atoms with Crippen molar-refractivity contribution in [2.24, 2.45) is 5.14 Å². The fourth-order valence-electron chi connectivity index (χ4n) is 3.37. The molecule has 0 spiro atoms. The molecule has 8 nitrogen and oxygen atoms in total. The van der Waals surface area contributed by atoms with Gasteiger partial charge in [-0.3, -0.25) is 5.14 Å². The lowest BCUT2D eigenvalue weighted by molar-refractivity contribution is 0.0254. The second-order valence-electron chi connectivity index (χ2n) is 7.05. The van der Waals surface area contributed by atoms with E-state index in [9.17, 15) is 5.26 Å². The summed E-state index contributed by atoms with van der Waals surface area (Å²) in [4.78, 5) is 10.1. The number of benzene rings is 2. The molecule has 1 aliphatic rings. The van der Waals surface area contributed by atoms with Crippen LogP contribution in [0.1, 0.15) is 29.8 Å². The average Bonchev–Trinajstić information content (AvgIpc) is 2.81. The predicted octanol–water partition coefficient (Wildman–Crippen LogP) is 2.48.